The summed E-state index contributed by atoms with van der Waals surface area (Å²) in [6.45, 7) is -1.63. The van der Waals surface area contributed by atoms with E-state index >= 15 is 0 Å². The third kappa shape index (κ3) is 18.3. The van der Waals surface area contributed by atoms with Gasteiger partial charge in [0.2, 0.25) is 22.4 Å². The van der Waals surface area contributed by atoms with Crippen molar-refractivity contribution in [3.8, 4) is 80.1 Å². The standard InChI is InChI=1S/C33H24O38S8.Na.H/c34-28-26-22(10-16(64-72(36,37)38)12-24(26)62-30(32(28)70-78(54,55)56)14-2-4-18(66-74(42,43)44)20(8-14)68-76(48,49)50)60-6-1-7-61-23-11-17(65-73(39,40)41)13-25-27(23)29(35)33(71-79(57,58)59)31(63-25)15-3-5-19(67-75(45,46)47)21(9-15)69-77(51,52)53;;/h2-5,8-13H,1,6-7H2,(H,36,37,38)(H,39,40,41)(H,42,43,44)(H,45,46,47)(H,48,49,50)(H,51,52,53)(H,54,55,56)(H,57,58,59);;/q;+1;-1. The third-order valence-electron chi connectivity index (χ3n) is 8.56. The van der Waals surface area contributed by atoms with Crippen LogP contribution >= 0.6 is 0 Å². The molecule has 0 bridgehead atoms. The Bertz CT molecular complexity index is 4270. The summed E-state index contributed by atoms with van der Waals surface area (Å²) in [7, 11) is -44.8. The van der Waals surface area contributed by atoms with Crippen LogP contribution in [0.2, 0.25) is 0 Å². The van der Waals surface area contributed by atoms with Crippen molar-refractivity contribution in [2.45, 2.75) is 6.42 Å². The average molecular weight is 1310 g/mol. The Morgan fingerprint density at radius 2 is 0.650 bits per heavy atom. The van der Waals surface area contributed by atoms with Crippen molar-refractivity contribution in [2.24, 2.45) is 0 Å². The summed E-state index contributed by atoms with van der Waals surface area (Å²) in [5, 5.41) is -1.94. The Kier molecular flexibility index (Phi) is 18.7. The Balaban J connectivity index is 0.00000706. The van der Waals surface area contributed by atoms with Crippen LogP contribution in [0.5, 0.6) is 57.5 Å². The minimum atomic E-state index is -5.80. The second kappa shape index (κ2) is 23.2. The molecule has 434 valence electrons. The fourth-order valence-electron chi connectivity index (χ4n) is 6.24. The van der Waals surface area contributed by atoms with E-state index in [9.17, 15) is 104 Å². The molecular weight excluding hydrogens is 1280 g/mol. The molecule has 8 N–H and O–H groups in total. The number of ether oxygens (including phenoxy) is 2. The van der Waals surface area contributed by atoms with Gasteiger partial charge in [-0.05, 0) is 36.4 Å². The van der Waals surface area contributed by atoms with E-state index in [1.165, 1.54) is 0 Å². The van der Waals surface area contributed by atoms with E-state index in [1.54, 1.807) is 0 Å². The molecular formula is C33H25NaO38S8. The molecule has 6 aromatic rings. The van der Waals surface area contributed by atoms with E-state index < -0.39 is 216 Å². The summed E-state index contributed by atoms with van der Waals surface area (Å²) >= 11 is 0. The summed E-state index contributed by atoms with van der Waals surface area (Å²) in [6, 6.07) is 4.92. The first-order chi connectivity index (χ1) is 35.9. The first-order valence-corrected chi connectivity index (χ1v) is 30.0. The van der Waals surface area contributed by atoms with Crippen molar-refractivity contribution in [2.75, 3.05) is 13.2 Å². The summed E-state index contributed by atoms with van der Waals surface area (Å²) < 4.78 is 318. The predicted molar refractivity (Wildman–Crippen MR) is 250 cm³/mol. The van der Waals surface area contributed by atoms with Gasteiger partial charge >= 0.3 is 113 Å². The first-order valence-electron chi connectivity index (χ1n) is 19.1. The van der Waals surface area contributed by atoms with Gasteiger partial charge in [-0.1, -0.05) is 0 Å². The van der Waals surface area contributed by atoms with Gasteiger partial charge in [-0.25, -0.2) is 0 Å². The molecule has 47 heteroatoms. The molecule has 0 fully saturated rings. The predicted octanol–water partition coefficient (Wildman–Crippen LogP) is -2.35. The Morgan fingerprint density at radius 1 is 0.362 bits per heavy atom. The zero-order valence-electron chi connectivity index (χ0n) is 39.0. The molecule has 0 aliphatic carbocycles. The molecule has 0 aliphatic heterocycles. The molecule has 0 atom stereocenters. The van der Waals surface area contributed by atoms with Crippen LogP contribution in [-0.4, -0.2) is 117 Å². The first kappa shape index (κ1) is 64.4. The second-order valence-corrected chi connectivity index (χ2v) is 22.4. The average Bonchev–Trinajstić information content (AvgIpc) is 3.22. The van der Waals surface area contributed by atoms with Crippen LogP contribution in [0.25, 0.3) is 44.6 Å². The smallest absolute Gasteiger partial charge is 1.00 e. The molecule has 0 unspecified atom stereocenters. The van der Waals surface area contributed by atoms with E-state index in [-0.39, 0.29) is 31.0 Å². The van der Waals surface area contributed by atoms with Crippen LogP contribution in [0.4, 0.5) is 0 Å². The van der Waals surface area contributed by atoms with E-state index in [4.69, 9.17) is 27.4 Å². The van der Waals surface area contributed by atoms with Gasteiger partial charge in [0.15, 0.2) is 46.0 Å². The normalized spacial score (nSPS) is 12.7. The van der Waals surface area contributed by atoms with Gasteiger partial charge in [0.1, 0.15) is 33.4 Å². The molecule has 2 aromatic heterocycles. The van der Waals surface area contributed by atoms with Gasteiger partial charge in [0, 0.05) is 41.8 Å². The molecule has 0 spiro atoms. The van der Waals surface area contributed by atoms with Gasteiger partial charge in [0.25, 0.3) is 0 Å². The maximum Gasteiger partial charge on any atom is 1.00 e. The summed E-state index contributed by atoms with van der Waals surface area (Å²) in [4.78, 5) is 28.2. The van der Waals surface area contributed by atoms with Gasteiger partial charge in [-0.3, -0.25) is 46.0 Å². The molecule has 80 heavy (non-hydrogen) atoms. The van der Waals surface area contributed by atoms with Crippen molar-refractivity contribution >= 4 is 105 Å². The third-order valence-corrected chi connectivity index (χ3v) is 11.7. The Labute approximate surface area is 469 Å². The molecule has 4 aromatic carbocycles. The van der Waals surface area contributed by atoms with E-state index in [0.29, 0.717) is 60.7 Å². The second-order valence-electron chi connectivity index (χ2n) is 14.2. The van der Waals surface area contributed by atoms with Crippen LogP contribution in [0.1, 0.15) is 7.85 Å². The van der Waals surface area contributed by atoms with Crippen LogP contribution in [0.3, 0.4) is 0 Å². The van der Waals surface area contributed by atoms with Gasteiger partial charge < -0.3 is 53.2 Å². The van der Waals surface area contributed by atoms with Crippen LogP contribution < -0.4 is 83.4 Å². The zero-order valence-corrected chi connectivity index (χ0v) is 46.5. The number of benzene rings is 4. The minimum Gasteiger partial charge on any atom is -1.00 e. The van der Waals surface area contributed by atoms with E-state index in [0.717, 1.165) is 0 Å². The number of hydrogen-bond acceptors (Lipinski definition) is 30. The number of hydrogen-bond donors (Lipinski definition) is 8. The van der Waals surface area contributed by atoms with Crippen LogP contribution in [0, 0.1) is 0 Å². The fraction of sp³-hybridized carbons (Fsp3) is 0.0909. The zero-order chi connectivity index (χ0) is 59.2. The van der Waals surface area contributed by atoms with Crippen molar-refractivity contribution in [1.29, 1.82) is 0 Å². The maximum absolute atomic E-state index is 14.1. The van der Waals surface area contributed by atoms with Gasteiger partial charge in [-0.15, -0.1) is 0 Å². The Hall–Kier alpha value is -6.42. The van der Waals surface area contributed by atoms with Crippen molar-refractivity contribution in [3.05, 3.63) is 81.1 Å². The summed E-state index contributed by atoms with van der Waals surface area (Å²) in [6.07, 6.45) is -0.561. The summed E-state index contributed by atoms with van der Waals surface area (Å²) in [5.74, 6) is -14.4. The molecule has 2 heterocycles. The largest absolute Gasteiger partial charge is 1.00 e. The van der Waals surface area contributed by atoms with Crippen molar-refractivity contribution in [3.63, 3.8) is 0 Å². The molecule has 6 rings (SSSR count). The molecule has 0 aliphatic rings. The van der Waals surface area contributed by atoms with Crippen LogP contribution in [-0.2, 0) is 83.2 Å². The van der Waals surface area contributed by atoms with Gasteiger partial charge in [0.05, 0.1) is 13.2 Å². The monoisotopic (exact) mass is 1310 g/mol. The Morgan fingerprint density at radius 3 is 0.938 bits per heavy atom. The SMILES string of the molecule is O=c1c(OS(=O)(=O)O)c(-c2ccc(OS(=O)(=O)O)c(OS(=O)(=O)O)c2)oc2cc(OS(=O)(=O)O)cc(OCCCOc3cc(OS(=O)(=O)O)cc4oc(-c5ccc(OS(=O)(=O)O)c(OS(=O)(=O)O)c5)c(OS(=O)(=O)O)c(=O)c34)c12.[H-].[Na+]. The molecule has 0 saturated heterocycles. The van der Waals surface area contributed by atoms with E-state index in [1.807, 2.05) is 0 Å². The van der Waals surface area contributed by atoms with Crippen molar-refractivity contribution < 1.29 is 187 Å². The molecule has 38 nitrogen and oxygen atoms in total. The number of fused-ring (bicyclic) bond motifs is 2. The maximum atomic E-state index is 14.1. The molecule has 0 saturated carbocycles. The molecule has 0 amide bonds. The van der Waals surface area contributed by atoms with Crippen molar-refractivity contribution in [1.82, 2.24) is 0 Å². The summed E-state index contributed by atoms with van der Waals surface area (Å²) in [5.41, 5.74) is -6.88. The quantitative estimate of drug-likeness (QED) is 0.0179. The topological polar surface area (TPSA) is 588 Å². The minimum absolute atomic E-state index is 0. The fourth-order valence-corrected chi connectivity index (χ4v) is 9.09. The van der Waals surface area contributed by atoms with Gasteiger partial charge in [-0.2, -0.15) is 67.3 Å². The number of rotatable bonds is 24. The van der Waals surface area contributed by atoms with E-state index in [2.05, 4.69) is 33.5 Å². The van der Waals surface area contributed by atoms with Crippen LogP contribution in [0.15, 0.2) is 79.1 Å². The molecule has 0 radical (unpaired) electrons.